The number of carbonyl (C=O) groups is 1. The Bertz CT molecular complexity index is 1850. The largest absolute Gasteiger partial charge is 0.394 e. The van der Waals surface area contributed by atoms with Crippen molar-refractivity contribution in [3.8, 4) is 0 Å². The summed E-state index contributed by atoms with van der Waals surface area (Å²) in [5.41, 5.74) is 0. The maximum absolute atomic E-state index is 13.3. The third-order valence-corrected chi connectivity index (χ3v) is 16.8. The number of allylic oxidation sites excluding steroid dienone is 15. The number of rotatable bonds is 57. The Kier molecular flexibility index (Phi) is 53.2. The van der Waals surface area contributed by atoms with E-state index in [1.807, 2.05) is 6.08 Å². The van der Waals surface area contributed by atoms with Gasteiger partial charge < -0.3 is 65.1 Å². The molecule has 0 aromatic rings. The second kappa shape index (κ2) is 57.8. The van der Waals surface area contributed by atoms with E-state index in [0.717, 1.165) is 64.2 Å². The van der Waals surface area contributed by atoms with Crippen LogP contribution in [0, 0.1) is 0 Å². The number of ether oxygens (including phenoxy) is 4. The van der Waals surface area contributed by atoms with Gasteiger partial charge in [0.1, 0.15) is 48.8 Å². The lowest BCUT2D eigenvalue weighted by Crippen LogP contribution is -2.65. The molecule has 2 heterocycles. The summed E-state index contributed by atoms with van der Waals surface area (Å²) >= 11 is 0. The van der Waals surface area contributed by atoms with E-state index < -0.39 is 86.8 Å². The smallest absolute Gasteiger partial charge is 0.220 e. The molecule has 0 aliphatic carbocycles. The zero-order chi connectivity index (χ0) is 63.8. The molecular formula is C74H129NO13. The number of carbonyl (C=O) groups excluding carboxylic acids is 1. The number of unbranched alkanes of at least 4 members (excludes halogenated alkanes) is 30. The second-order valence-corrected chi connectivity index (χ2v) is 24.6. The molecule has 2 aliphatic rings. The van der Waals surface area contributed by atoms with Gasteiger partial charge in [-0.3, -0.25) is 4.79 Å². The fourth-order valence-electron chi connectivity index (χ4n) is 11.2. The molecule has 0 saturated carbocycles. The molecule has 0 spiro atoms. The van der Waals surface area contributed by atoms with Crippen LogP contribution in [0.5, 0.6) is 0 Å². The van der Waals surface area contributed by atoms with E-state index in [4.69, 9.17) is 18.9 Å². The van der Waals surface area contributed by atoms with Crippen LogP contribution in [0.2, 0.25) is 0 Å². The summed E-state index contributed by atoms with van der Waals surface area (Å²) in [5.74, 6) is -0.298. The van der Waals surface area contributed by atoms with Crippen molar-refractivity contribution in [2.45, 2.75) is 344 Å². The predicted octanol–water partition coefficient (Wildman–Crippen LogP) is 14.6. The van der Waals surface area contributed by atoms with Gasteiger partial charge in [0.25, 0.3) is 0 Å². The quantitative estimate of drug-likeness (QED) is 0.0204. The van der Waals surface area contributed by atoms with Gasteiger partial charge in [-0.15, -0.1) is 0 Å². The standard InChI is InChI=1S/C74H129NO13/c1-3-5-7-9-11-13-15-17-19-21-23-25-27-28-29-30-31-32-33-34-36-37-39-41-43-45-47-49-51-53-55-57-63(78)62(61-85-73-71(84)69(82)72(65(60-77)87-73)88-74-70(83)68(81)67(80)64(59-76)86-74)75-66(79)58-56-54-52-50-48-46-44-42-40-38-35-26-24-22-20-18-16-14-12-10-8-6-4-2/h6,8,12,14,18,20,24,26,38,40,44,46,50,52,55,57,62-65,67-74,76-78,80-84H,3-5,7,9-11,13,15-17,19,21-23,25,27-37,39,41-43,45,47-49,51,53-54,56,58-61H2,1-2H3,(H,75,79)/b8-6-,14-12-,20-18-,26-24-,40-38-,46-44-,52-50-,57-55+. The normalized spacial score (nSPS) is 23.8. The maximum atomic E-state index is 13.3. The monoisotopic (exact) mass is 1240 g/mol. The van der Waals surface area contributed by atoms with Gasteiger partial charge in [0.15, 0.2) is 12.6 Å². The minimum Gasteiger partial charge on any atom is -0.394 e. The van der Waals surface area contributed by atoms with Crippen LogP contribution < -0.4 is 5.32 Å². The Hall–Kier alpha value is -3.09. The molecule has 2 saturated heterocycles. The van der Waals surface area contributed by atoms with Crippen molar-refractivity contribution in [3.63, 3.8) is 0 Å². The first-order valence-electron chi connectivity index (χ1n) is 35.5. The highest BCUT2D eigenvalue weighted by molar-refractivity contribution is 5.76. The molecule has 0 bridgehead atoms. The number of amides is 1. The molecule has 0 radical (unpaired) electrons. The molecule has 2 fully saturated rings. The average Bonchev–Trinajstić information content (AvgIpc) is 1.78. The Morgan fingerprint density at radius 3 is 1.19 bits per heavy atom. The van der Waals surface area contributed by atoms with Crippen LogP contribution in [0.4, 0.5) is 0 Å². The topological polar surface area (TPSA) is 228 Å². The fourth-order valence-corrected chi connectivity index (χ4v) is 11.2. The number of aliphatic hydroxyl groups is 8. The average molecular weight is 1240 g/mol. The van der Waals surface area contributed by atoms with Crippen molar-refractivity contribution in [1.29, 1.82) is 0 Å². The van der Waals surface area contributed by atoms with Crippen LogP contribution in [0.1, 0.15) is 271 Å². The highest BCUT2D eigenvalue weighted by atomic mass is 16.7. The lowest BCUT2D eigenvalue weighted by Gasteiger charge is -2.46. The Morgan fingerprint density at radius 2 is 0.784 bits per heavy atom. The lowest BCUT2D eigenvalue weighted by molar-refractivity contribution is -0.359. The first-order chi connectivity index (χ1) is 43.1. The fraction of sp³-hybridized carbons (Fsp3) is 0.770. The van der Waals surface area contributed by atoms with E-state index in [1.165, 1.54) is 173 Å². The van der Waals surface area contributed by atoms with Crippen LogP contribution in [-0.4, -0.2) is 140 Å². The summed E-state index contributed by atoms with van der Waals surface area (Å²) in [6, 6.07) is -0.954. The summed E-state index contributed by atoms with van der Waals surface area (Å²) in [6.45, 7) is 2.67. The molecule has 88 heavy (non-hydrogen) atoms. The van der Waals surface area contributed by atoms with Crippen LogP contribution in [0.3, 0.4) is 0 Å². The summed E-state index contributed by atoms with van der Waals surface area (Å²) in [5, 5.41) is 87.4. The van der Waals surface area contributed by atoms with Crippen molar-refractivity contribution in [3.05, 3.63) is 97.2 Å². The summed E-state index contributed by atoms with van der Waals surface area (Å²) in [4.78, 5) is 13.3. The lowest BCUT2D eigenvalue weighted by atomic mass is 9.97. The minimum absolute atomic E-state index is 0.196. The molecule has 508 valence electrons. The van der Waals surface area contributed by atoms with Crippen molar-refractivity contribution in [1.82, 2.24) is 5.32 Å². The molecule has 14 heteroatoms. The molecular weight excluding hydrogens is 1110 g/mol. The van der Waals surface area contributed by atoms with Gasteiger partial charge in [-0.1, -0.05) is 291 Å². The first-order valence-corrected chi connectivity index (χ1v) is 35.5. The zero-order valence-electron chi connectivity index (χ0n) is 55.2. The van der Waals surface area contributed by atoms with Gasteiger partial charge in [-0.05, 0) is 70.6 Å². The third kappa shape index (κ3) is 41.4. The summed E-state index contributed by atoms with van der Waals surface area (Å²) in [7, 11) is 0. The molecule has 12 unspecified atom stereocenters. The van der Waals surface area contributed by atoms with Gasteiger partial charge in [-0.25, -0.2) is 0 Å². The zero-order valence-corrected chi connectivity index (χ0v) is 55.2. The summed E-state index contributed by atoms with van der Waals surface area (Å²) < 4.78 is 22.8. The number of nitrogens with one attached hydrogen (secondary N) is 1. The number of hydrogen-bond donors (Lipinski definition) is 9. The van der Waals surface area contributed by atoms with Crippen LogP contribution in [0.15, 0.2) is 97.2 Å². The van der Waals surface area contributed by atoms with Crippen molar-refractivity contribution >= 4 is 5.91 Å². The van der Waals surface area contributed by atoms with Gasteiger partial charge in [0.2, 0.25) is 5.91 Å². The SMILES string of the molecule is CC/C=C\C/C=C\C/C=C\C/C=C\C/C=C\C/C=C\C/C=C\CCCC(=O)NC(COC1OC(CO)C(OC2OC(CO)C(O)C(O)C2O)C(O)C1O)C(O)/C=C/CCCCCCCCCCCCCCCCCCCCCCCCCCCCCCC. The number of hydrogen-bond acceptors (Lipinski definition) is 13. The van der Waals surface area contributed by atoms with Crippen molar-refractivity contribution in [2.24, 2.45) is 0 Å². The third-order valence-electron chi connectivity index (χ3n) is 16.8. The van der Waals surface area contributed by atoms with Crippen molar-refractivity contribution < 1.29 is 64.6 Å². The molecule has 14 nitrogen and oxygen atoms in total. The highest BCUT2D eigenvalue weighted by Crippen LogP contribution is 2.30. The van der Waals surface area contributed by atoms with Crippen LogP contribution in [0.25, 0.3) is 0 Å². The Balaban J connectivity index is 1.70. The van der Waals surface area contributed by atoms with Crippen LogP contribution in [-0.2, 0) is 23.7 Å². The van der Waals surface area contributed by atoms with Crippen molar-refractivity contribution in [2.75, 3.05) is 19.8 Å². The van der Waals surface area contributed by atoms with Gasteiger partial charge in [0.05, 0.1) is 32.0 Å². The summed E-state index contributed by atoms with van der Waals surface area (Å²) in [6.07, 6.45) is 64.7. The molecule has 0 aromatic heterocycles. The Morgan fingerprint density at radius 1 is 0.420 bits per heavy atom. The molecule has 1 amide bonds. The van der Waals surface area contributed by atoms with E-state index in [-0.39, 0.29) is 18.9 Å². The van der Waals surface area contributed by atoms with E-state index >= 15 is 0 Å². The predicted molar refractivity (Wildman–Crippen MR) is 359 cm³/mol. The van der Waals surface area contributed by atoms with E-state index in [2.05, 4.69) is 104 Å². The highest BCUT2D eigenvalue weighted by Gasteiger charge is 2.51. The van der Waals surface area contributed by atoms with E-state index in [9.17, 15) is 45.6 Å². The van der Waals surface area contributed by atoms with Crippen LogP contribution >= 0.6 is 0 Å². The van der Waals surface area contributed by atoms with E-state index in [1.54, 1.807) is 6.08 Å². The first kappa shape index (κ1) is 81.0. The molecule has 12 atom stereocenters. The molecule has 2 aliphatic heterocycles. The maximum Gasteiger partial charge on any atom is 0.220 e. The molecule has 0 aromatic carbocycles. The van der Waals surface area contributed by atoms with Gasteiger partial charge in [-0.2, -0.15) is 0 Å². The number of aliphatic hydroxyl groups excluding tert-OH is 8. The molecule has 9 N–H and O–H groups in total. The van der Waals surface area contributed by atoms with Gasteiger partial charge in [0, 0.05) is 6.42 Å². The minimum atomic E-state index is -1.80. The van der Waals surface area contributed by atoms with Gasteiger partial charge >= 0.3 is 0 Å². The second-order valence-electron chi connectivity index (χ2n) is 24.6. The molecule has 2 rings (SSSR count). The van der Waals surface area contributed by atoms with E-state index in [0.29, 0.717) is 12.8 Å². The Labute approximate surface area is 534 Å².